The Morgan fingerprint density at radius 3 is 2.64 bits per heavy atom. The van der Waals surface area contributed by atoms with Crippen LogP contribution in [-0.2, 0) is 4.79 Å². The number of nitrogens with one attached hydrogen (secondary N) is 2. The van der Waals surface area contributed by atoms with Gasteiger partial charge < -0.3 is 25.8 Å². The van der Waals surface area contributed by atoms with Crippen molar-refractivity contribution in [2.75, 3.05) is 51.4 Å². The summed E-state index contributed by atoms with van der Waals surface area (Å²) in [4.78, 5) is 33.7. The number of hydrogen-bond acceptors (Lipinski definition) is 11. The van der Waals surface area contributed by atoms with Crippen molar-refractivity contribution in [2.45, 2.75) is 6.04 Å². The molecule has 0 saturated carbocycles. The van der Waals surface area contributed by atoms with E-state index in [9.17, 15) is 4.79 Å². The third-order valence-electron chi connectivity index (χ3n) is 5.95. The van der Waals surface area contributed by atoms with E-state index in [0.29, 0.717) is 52.1 Å². The van der Waals surface area contributed by atoms with Gasteiger partial charge in [-0.1, -0.05) is 0 Å². The van der Waals surface area contributed by atoms with Gasteiger partial charge in [0.15, 0.2) is 16.6 Å². The number of carbonyl (C=O) groups is 1. The predicted octanol–water partition coefficient (Wildman–Crippen LogP) is 2.33. The van der Waals surface area contributed by atoms with Gasteiger partial charge in [0.05, 0.1) is 31.1 Å². The highest BCUT2D eigenvalue weighted by Crippen LogP contribution is 2.34. The molecule has 186 valence electrons. The lowest BCUT2D eigenvalue weighted by atomic mass is 10.1. The summed E-state index contributed by atoms with van der Waals surface area (Å²) in [6.07, 6.45) is 1.65. The number of nitrogen functional groups attached to an aromatic ring is 1. The zero-order chi connectivity index (χ0) is 25.1. The van der Waals surface area contributed by atoms with Gasteiger partial charge in [0.25, 0.3) is 0 Å². The van der Waals surface area contributed by atoms with Gasteiger partial charge in [-0.15, -0.1) is 11.3 Å². The Labute approximate surface area is 211 Å². The molecule has 11 nitrogen and oxygen atoms in total. The molecule has 1 aromatic carbocycles. The molecule has 1 fully saturated rings. The molecular weight excluding hydrogens is 480 g/mol. The van der Waals surface area contributed by atoms with E-state index in [1.807, 2.05) is 35.7 Å². The van der Waals surface area contributed by atoms with Crippen LogP contribution in [0.3, 0.4) is 0 Å². The Morgan fingerprint density at radius 2 is 1.92 bits per heavy atom. The molecule has 1 saturated heterocycles. The average Bonchev–Trinajstić information content (AvgIpc) is 3.41. The minimum Gasteiger partial charge on any atom is -0.493 e. The molecule has 3 aromatic heterocycles. The van der Waals surface area contributed by atoms with E-state index in [1.54, 1.807) is 20.4 Å². The lowest BCUT2D eigenvalue weighted by Gasteiger charge is -2.33. The Bertz CT molecular complexity index is 1380. The predicted molar refractivity (Wildman–Crippen MR) is 138 cm³/mol. The van der Waals surface area contributed by atoms with E-state index in [-0.39, 0.29) is 11.9 Å². The zero-order valence-electron chi connectivity index (χ0n) is 19.9. The summed E-state index contributed by atoms with van der Waals surface area (Å²) in [5, 5.41) is 8.58. The van der Waals surface area contributed by atoms with E-state index in [4.69, 9.17) is 20.2 Å². The van der Waals surface area contributed by atoms with E-state index < -0.39 is 6.04 Å². The van der Waals surface area contributed by atoms with E-state index >= 15 is 0 Å². The van der Waals surface area contributed by atoms with Crippen molar-refractivity contribution >= 4 is 39.4 Å². The van der Waals surface area contributed by atoms with Crippen LogP contribution in [0.15, 0.2) is 41.9 Å². The van der Waals surface area contributed by atoms with Crippen molar-refractivity contribution in [3.8, 4) is 22.8 Å². The quantitative estimate of drug-likeness (QED) is 0.342. The Kier molecular flexibility index (Phi) is 6.89. The fourth-order valence-electron chi connectivity index (χ4n) is 4.26. The number of ether oxygens (including phenoxy) is 2. The van der Waals surface area contributed by atoms with E-state index in [2.05, 4.69) is 30.5 Å². The van der Waals surface area contributed by atoms with E-state index in [1.165, 1.54) is 11.3 Å². The second kappa shape index (κ2) is 10.4. The number of rotatable bonds is 7. The number of anilines is 2. The van der Waals surface area contributed by atoms with E-state index in [0.717, 1.165) is 18.7 Å². The third kappa shape index (κ3) is 4.78. The Morgan fingerprint density at radius 1 is 1.11 bits per heavy atom. The van der Waals surface area contributed by atoms with Gasteiger partial charge in [-0.2, -0.15) is 0 Å². The number of benzene rings is 1. The van der Waals surface area contributed by atoms with Gasteiger partial charge in [-0.25, -0.2) is 19.9 Å². The number of methoxy groups -OCH3 is 2. The number of aromatic nitrogens is 4. The molecule has 0 spiro atoms. The van der Waals surface area contributed by atoms with Crippen LogP contribution in [0.1, 0.15) is 11.7 Å². The molecule has 36 heavy (non-hydrogen) atoms. The molecule has 1 aliphatic heterocycles. The number of thiazole rings is 1. The van der Waals surface area contributed by atoms with Crippen LogP contribution in [0.5, 0.6) is 11.5 Å². The number of nitrogens with zero attached hydrogens (tertiary/aromatic N) is 5. The maximum Gasteiger partial charge on any atom is 0.249 e. The van der Waals surface area contributed by atoms with Crippen LogP contribution in [-0.4, -0.2) is 71.1 Å². The first-order chi connectivity index (χ1) is 17.6. The fraction of sp³-hybridized carbons (Fsp3) is 0.292. The normalized spacial score (nSPS) is 14.9. The molecule has 1 atom stereocenters. The SMILES string of the molecule is COc1ccc(-c2ccc3nc(N)nc(C(C(=O)Nc4nccs4)N4CCNCC4)c3n2)cc1OC. The van der Waals surface area contributed by atoms with Crippen LogP contribution < -0.4 is 25.8 Å². The Balaban J connectivity index is 1.63. The number of nitrogens with two attached hydrogens (primary N) is 1. The number of amides is 1. The molecule has 0 radical (unpaired) electrons. The fourth-order valence-corrected chi connectivity index (χ4v) is 4.80. The van der Waals surface area contributed by atoms with Crippen LogP contribution in [0.2, 0.25) is 0 Å². The molecule has 4 aromatic rings. The summed E-state index contributed by atoms with van der Waals surface area (Å²) >= 11 is 1.35. The molecule has 4 N–H and O–H groups in total. The number of piperazine rings is 1. The second-order valence-electron chi connectivity index (χ2n) is 8.12. The molecule has 0 bridgehead atoms. The van der Waals surface area contributed by atoms with Crippen molar-refractivity contribution in [1.29, 1.82) is 0 Å². The topological polar surface area (TPSA) is 140 Å². The van der Waals surface area contributed by atoms with Crippen molar-refractivity contribution in [2.24, 2.45) is 0 Å². The first-order valence-corrected chi connectivity index (χ1v) is 12.3. The number of carbonyl (C=O) groups excluding carboxylic acids is 1. The van der Waals surface area contributed by atoms with Crippen molar-refractivity contribution in [3.05, 3.63) is 47.6 Å². The summed E-state index contributed by atoms with van der Waals surface area (Å²) in [6.45, 7) is 2.83. The van der Waals surface area contributed by atoms with Gasteiger partial charge in [0, 0.05) is 43.3 Å². The van der Waals surface area contributed by atoms with Crippen LogP contribution in [0.25, 0.3) is 22.3 Å². The average molecular weight is 507 g/mol. The highest BCUT2D eigenvalue weighted by molar-refractivity contribution is 7.13. The van der Waals surface area contributed by atoms with Gasteiger partial charge in [-0.05, 0) is 30.3 Å². The summed E-state index contributed by atoms with van der Waals surface area (Å²) in [5.41, 5.74) is 9.12. The van der Waals surface area contributed by atoms with Gasteiger partial charge in [-0.3, -0.25) is 9.69 Å². The first kappa shape index (κ1) is 23.9. The lowest BCUT2D eigenvalue weighted by molar-refractivity contribution is -0.121. The van der Waals surface area contributed by atoms with Gasteiger partial charge >= 0.3 is 0 Å². The Hall–Kier alpha value is -3.87. The zero-order valence-corrected chi connectivity index (χ0v) is 20.7. The molecule has 1 aliphatic rings. The molecular formula is C24H26N8O3S. The van der Waals surface area contributed by atoms with Crippen molar-refractivity contribution < 1.29 is 14.3 Å². The number of fused-ring (bicyclic) bond motifs is 1. The van der Waals surface area contributed by atoms with Gasteiger partial charge in [0.1, 0.15) is 11.6 Å². The minimum atomic E-state index is -0.725. The molecule has 0 aliphatic carbocycles. The summed E-state index contributed by atoms with van der Waals surface area (Å²) in [7, 11) is 3.18. The largest absolute Gasteiger partial charge is 0.493 e. The minimum absolute atomic E-state index is 0.0837. The standard InChI is InChI=1S/C24H26N8O3S/c1-34-17-6-3-14(13-18(17)35-2)15-4-5-16-19(28-15)20(30-23(25)29-16)21(32-10-7-26-8-11-32)22(33)31-24-27-9-12-36-24/h3-6,9,12-13,21,26H,7-8,10-11H2,1-2H3,(H2,25,29,30)(H,27,31,33). The van der Waals surface area contributed by atoms with Crippen LogP contribution >= 0.6 is 11.3 Å². The van der Waals surface area contributed by atoms with Crippen molar-refractivity contribution in [1.82, 2.24) is 30.2 Å². The van der Waals surface area contributed by atoms with Gasteiger partial charge in [0.2, 0.25) is 11.9 Å². The number of hydrogen-bond donors (Lipinski definition) is 3. The highest BCUT2D eigenvalue weighted by atomic mass is 32.1. The first-order valence-electron chi connectivity index (χ1n) is 11.4. The highest BCUT2D eigenvalue weighted by Gasteiger charge is 2.33. The molecule has 1 amide bonds. The summed E-state index contributed by atoms with van der Waals surface area (Å²) < 4.78 is 10.8. The second-order valence-corrected chi connectivity index (χ2v) is 9.01. The maximum absolute atomic E-state index is 13.6. The maximum atomic E-state index is 13.6. The molecule has 5 rings (SSSR count). The summed E-state index contributed by atoms with van der Waals surface area (Å²) in [5.74, 6) is 1.05. The smallest absolute Gasteiger partial charge is 0.249 e. The van der Waals surface area contributed by atoms with Crippen molar-refractivity contribution in [3.63, 3.8) is 0 Å². The van der Waals surface area contributed by atoms with Crippen LogP contribution in [0, 0.1) is 0 Å². The summed E-state index contributed by atoms with van der Waals surface area (Å²) in [6, 6.07) is 8.55. The van der Waals surface area contributed by atoms with Crippen LogP contribution in [0.4, 0.5) is 11.1 Å². The molecule has 12 heteroatoms. The number of pyridine rings is 1. The monoisotopic (exact) mass is 506 g/mol. The molecule has 1 unspecified atom stereocenters. The third-order valence-corrected chi connectivity index (χ3v) is 6.64. The molecule has 4 heterocycles. The lowest BCUT2D eigenvalue weighted by Crippen LogP contribution is -2.48.